The van der Waals surface area contributed by atoms with E-state index in [1.165, 1.54) is 11.1 Å². The van der Waals surface area contributed by atoms with E-state index in [2.05, 4.69) is 18.2 Å². The maximum atomic E-state index is 10.3. The quantitative estimate of drug-likeness (QED) is 0.854. The molecule has 98 valence electrons. The van der Waals surface area contributed by atoms with E-state index in [4.69, 9.17) is 11.6 Å². The van der Waals surface area contributed by atoms with E-state index in [-0.39, 0.29) is 6.10 Å². The molecule has 1 nitrogen and oxygen atoms in total. The number of fused-ring (bicyclic) bond motifs is 1. The van der Waals surface area contributed by atoms with Crippen molar-refractivity contribution in [3.8, 4) is 0 Å². The van der Waals surface area contributed by atoms with E-state index >= 15 is 0 Å². The average molecular weight is 291 g/mol. The van der Waals surface area contributed by atoms with Gasteiger partial charge < -0.3 is 5.11 Å². The molecular weight excluding hydrogens is 276 g/mol. The molecule has 3 heteroatoms. The van der Waals surface area contributed by atoms with Crippen LogP contribution in [0.3, 0.4) is 0 Å². The van der Waals surface area contributed by atoms with Crippen molar-refractivity contribution in [2.45, 2.75) is 23.3 Å². The van der Waals surface area contributed by atoms with Gasteiger partial charge in [-0.2, -0.15) is 0 Å². The first-order chi connectivity index (χ1) is 9.24. The highest BCUT2D eigenvalue weighted by atomic mass is 35.5. The Morgan fingerprint density at radius 2 is 2.05 bits per heavy atom. The number of hydrogen-bond acceptors (Lipinski definition) is 2. The molecule has 2 aromatic rings. The van der Waals surface area contributed by atoms with Crippen LogP contribution in [0.25, 0.3) is 0 Å². The minimum Gasteiger partial charge on any atom is -0.392 e. The summed E-state index contributed by atoms with van der Waals surface area (Å²) in [6.45, 7) is 0. The molecule has 0 heterocycles. The summed E-state index contributed by atoms with van der Waals surface area (Å²) in [5, 5.41) is 11.0. The maximum Gasteiger partial charge on any atom is 0.0705 e. The maximum absolute atomic E-state index is 10.3. The van der Waals surface area contributed by atoms with Crippen LogP contribution < -0.4 is 0 Å². The third kappa shape index (κ3) is 2.81. The van der Waals surface area contributed by atoms with Crippen LogP contribution in [0.4, 0.5) is 0 Å². The van der Waals surface area contributed by atoms with Crippen LogP contribution in [0.2, 0.25) is 5.02 Å². The molecular formula is C16H15ClOS. The summed E-state index contributed by atoms with van der Waals surface area (Å²) >= 11 is 7.61. The number of hydrogen-bond donors (Lipinski definition) is 1. The van der Waals surface area contributed by atoms with Gasteiger partial charge >= 0.3 is 0 Å². The lowest BCUT2D eigenvalue weighted by molar-refractivity contribution is 0.156. The molecule has 0 bridgehead atoms. The van der Waals surface area contributed by atoms with Crippen LogP contribution >= 0.6 is 23.4 Å². The van der Waals surface area contributed by atoms with Gasteiger partial charge in [0.2, 0.25) is 0 Å². The molecule has 1 N–H and O–H groups in total. The Hall–Kier alpha value is -0.960. The van der Waals surface area contributed by atoms with Crippen LogP contribution in [0.1, 0.15) is 17.0 Å². The fourth-order valence-corrected chi connectivity index (χ4v) is 3.73. The molecule has 2 atom stereocenters. The van der Waals surface area contributed by atoms with Gasteiger partial charge in [-0.25, -0.2) is 0 Å². The van der Waals surface area contributed by atoms with Crippen LogP contribution in [-0.4, -0.2) is 17.0 Å². The highest BCUT2D eigenvalue weighted by Gasteiger charge is 2.31. The van der Waals surface area contributed by atoms with Gasteiger partial charge in [0.05, 0.1) is 6.10 Å². The second-order valence-electron chi connectivity index (χ2n) is 4.85. The molecule has 2 aromatic carbocycles. The molecule has 0 spiro atoms. The summed E-state index contributed by atoms with van der Waals surface area (Å²) in [6.07, 6.45) is 0.701. The molecule has 3 rings (SSSR count). The van der Waals surface area contributed by atoms with E-state index in [9.17, 15) is 5.11 Å². The van der Waals surface area contributed by atoms with Gasteiger partial charge in [0.15, 0.2) is 0 Å². The highest BCUT2D eigenvalue weighted by molar-refractivity contribution is 7.99. The molecule has 1 aliphatic rings. The van der Waals surface area contributed by atoms with Crippen molar-refractivity contribution in [3.05, 3.63) is 64.7 Å². The Morgan fingerprint density at radius 3 is 2.84 bits per heavy atom. The summed E-state index contributed by atoms with van der Waals surface area (Å²) in [7, 11) is 0. The zero-order valence-corrected chi connectivity index (χ0v) is 12.0. The first-order valence-electron chi connectivity index (χ1n) is 6.38. The molecule has 0 fully saturated rings. The monoisotopic (exact) mass is 290 g/mol. The number of benzene rings is 2. The minimum absolute atomic E-state index is 0.293. The Kier molecular flexibility index (Phi) is 3.83. The van der Waals surface area contributed by atoms with Crippen LogP contribution in [0, 0.1) is 0 Å². The lowest BCUT2D eigenvalue weighted by Crippen LogP contribution is -2.30. The predicted molar refractivity (Wildman–Crippen MR) is 81.1 cm³/mol. The van der Waals surface area contributed by atoms with E-state index < -0.39 is 0 Å². The average Bonchev–Trinajstić information content (AvgIpc) is 2.38. The Labute approximate surface area is 122 Å². The summed E-state index contributed by atoms with van der Waals surface area (Å²) < 4.78 is 0. The van der Waals surface area contributed by atoms with Gasteiger partial charge in [0.25, 0.3) is 0 Å². The third-order valence-corrected chi connectivity index (χ3v) is 4.91. The SMILES string of the molecule is OC(CSc1cccc(Cl)c1)C1Cc2ccccc21. The Balaban J connectivity index is 1.60. The van der Waals surface area contributed by atoms with Gasteiger partial charge in [-0.15, -0.1) is 11.8 Å². The molecule has 0 amide bonds. The van der Waals surface area contributed by atoms with Gasteiger partial charge in [-0.3, -0.25) is 0 Å². The van der Waals surface area contributed by atoms with Crippen molar-refractivity contribution >= 4 is 23.4 Å². The predicted octanol–water partition coefficient (Wildman–Crippen LogP) is 4.13. The number of thioether (sulfide) groups is 1. The number of aliphatic hydroxyl groups is 1. The molecule has 0 radical (unpaired) electrons. The number of aliphatic hydroxyl groups excluding tert-OH is 1. The lowest BCUT2D eigenvalue weighted by Gasteiger charge is -2.33. The second kappa shape index (κ2) is 5.58. The van der Waals surface area contributed by atoms with Gasteiger partial charge in [-0.05, 0) is 35.7 Å². The lowest BCUT2D eigenvalue weighted by atomic mass is 9.75. The molecule has 19 heavy (non-hydrogen) atoms. The van der Waals surface area contributed by atoms with Gasteiger partial charge in [0, 0.05) is 21.6 Å². The van der Waals surface area contributed by atoms with Crippen molar-refractivity contribution in [3.63, 3.8) is 0 Å². The van der Waals surface area contributed by atoms with E-state index in [0.717, 1.165) is 16.3 Å². The second-order valence-corrected chi connectivity index (χ2v) is 6.38. The molecule has 0 aliphatic heterocycles. The Bertz CT molecular complexity index is 584. The zero-order valence-electron chi connectivity index (χ0n) is 10.4. The molecule has 0 saturated carbocycles. The van der Waals surface area contributed by atoms with Crippen molar-refractivity contribution in [2.24, 2.45) is 0 Å². The van der Waals surface area contributed by atoms with E-state index in [1.54, 1.807) is 11.8 Å². The smallest absolute Gasteiger partial charge is 0.0705 e. The third-order valence-electron chi connectivity index (χ3n) is 3.58. The topological polar surface area (TPSA) is 20.2 Å². The molecule has 1 aliphatic carbocycles. The van der Waals surface area contributed by atoms with Crippen LogP contribution in [-0.2, 0) is 6.42 Å². The van der Waals surface area contributed by atoms with Gasteiger partial charge in [-0.1, -0.05) is 41.9 Å². The first-order valence-corrected chi connectivity index (χ1v) is 7.74. The minimum atomic E-state index is -0.293. The fourth-order valence-electron chi connectivity index (χ4n) is 2.50. The summed E-state index contributed by atoms with van der Waals surface area (Å²) in [5.41, 5.74) is 2.68. The van der Waals surface area contributed by atoms with Crippen molar-refractivity contribution in [2.75, 3.05) is 5.75 Å². The largest absolute Gasteiger partial charge is 0.392 e. The van der Waals surface area contributed by atoms with Crippen molar-refractivity contribution in [1.82, 2.24) is 0 Å². The van der Waals surface area contributed by atoms with Crippen LogP contribution in [0.5, 0.6) is 0 Å². The first kappa shape index (κ1) is 13.0. The summed E-state index contributed by atoms with van der Waals surface area (Å²) in [6, 6.07) is 16.1. The highest BCUT2D eigenvalue weighted by Crippen LogP contribution is 2.38. The van der Waals surface area contributed by atoms with Gasteiger partial charge in [0.1, 0.15) is 0 Å². The fraction of sp³-hybridized carbons (Fsp3) is 0.250. The number of rotatable bonds is 4. The van der Waals surface area contributed by atoms with Crippen molar-refractivity contribution < 1.29 is 5.11 Å². The molecule has 0 aromatic heterocycles. The molecule has 0 saturated heterocycles. The normalized spacial score (nSPS) is 18.5. The van der Waals surface area contributed by atoms with E-state index in [1.807, 2.05) is 30.3 Å². The van der Waals surface area contributed by atoms with Crippen LogP contribution in [0.15, 0.2) is 53.4 Å². The number of halogens is 1. The standard InChI is InChI=1S/C16H15ClOS/c17-12-5-3-6-13(9-12)19-10-16(18)15-8-11-4-1-2-7-14(11)15/h1-7,9,15-16,18H,8,10H2. The molecule has 2 unspecified atom stereocenters. The zero-order chi connectivity index (χ0) is 13.2. The van der Waals surface area contributed by atoms with Crippen molar-refractivity contribution in [1.29, 1.82) is 0 Å². The van der Waals surface area contributed by atoms with E-state index in [0.29, 0.717) is 11.7 Å². The summed E-state index contributed by atoms with van der Waals surface area (Å²) in [5.74, 6) is 1.00. The Morgan fingerprint density at radius 1 is 1.21 bits per heavy atom. The summed E-state index contributed by atoms with van der Waals surface area (Å²) in [4.78, 5) is 1.11.